The topological polar surface area (TPSA) is 72.5 Å². The molecule has 0 aliphatic carbocycles. The Kier molecular flexibility index (Phi) is 5.84. The normalized spacial score (nSPS) is 10.3. The van der Waals surface area contributed by atoms with E-state index in [0.29, 0.717) is 16.8 Å². The van der Waals surface area contributed by atoms with Gasteiger partial charge in [-0.15, -0.1) is 0 Å². The van der Waals surface area contributed by atoms with E-state index in [4.69, 9.17) is 4.74 Å². The minimum atomic E-state index is -0.407. The molecule has 24 heavy (non-hydrogen) atoms. The number of benzene rings is 2. The Labute approximate surface area is 140 Å². The fourth-order valence-electron chi connectivity index (χ4n) is 1.92. The molecule has 5 heteroatoms. The smallest absolute Gasteiger partial charge is 0.308 e. The first-order valence-electron chi connectivity index (χ1n) is 7.63. The highest BCUT2D eigenvalue weighted by atomic mass is 16.5. The molecule has 2 aromatic rings. The van der Waals surface area contributed by atoms with Gasteiger partial charge in [0.05, 0.1) is 5.92 Å². The number of carbonyl (C=O) groups excluding carboxylic acids is 3. The van der Waals surface area contributed by atoms with Gasteiger partial charge in [-0.3, -0.25) is 14.4 Å². The molecule has 0 bridgehead atoms. The van der Waals surface area contributed by atoms with Crippen LogP contribution in [0, 0.1) is 5.92 Å². The van der Waals surface area contributed by atoms with Crippen LogP contribution in [0.5, 0.6) is 0 Å². The van der Waals surface area contributed by atoms with Crippen LogP contribution in [0.25, 0.3) is 0 Å². The Bertz CT molecular complexity index is 721. The summed E-state index contributed by atoms with van der Waals surface area (Å²) in [5.41, 5.74) is 1.56. The number of rotatable bonds is 6. The predicted octanol–water partition coefficient (Wildman–Crippen LogP) is 3.32. The molecule has 2 aromatic carbocycles. The molecular weight excluding hydrogens is 306 g/mol. The second kappa shape index (κ2) is 8.06. The molecule has 2 rings (SSSR count). The van der Waals surface area contributed by atoms with Crippen LogP contribution in [0.1, 0.15) is 34.6 Å². The van der Waals surface area contributed by atoms with Gasteiger partial charge in [0.1, 0.15) is 0 Å². The molecule has 1 amide bonds. The van der Waals surface area contributed by atoms with Crippen LogP contribution >= 0.6 is 0 Å². The highest BCUT2D eigenvalue weighted by molar-refractivity contribution is 6.04. The molecule has 0 fully saturated rings. The molecule has 0 heterocycles. The van der Waals surface area contributed by atoms with E-state index in [2.05, 4.69) is 5.32 Å². The quantitative estimate of drug-likeness (QED) is 0.653. The van der Waals surface area contributed by atoms with Gasteiger partial charge in [0.25, 0.3) is 5.91 Å². The van der Waals surface area contributed by atoms with E-state index < -0.39 is 5.97 Å². The van der Waals surface area contributed by atoms with Crippen LogP contribution in [-0.2, 0) is 9.53 Å². The van der Waals surface area contributed by atoms with Gasteiger partial charge < -0.3 is 10.1 Å². The summed E-state index contributed by atoms with van der Waals surface area (Å²) < 4.78 is 4.91. The largest absolute Gasteiger partial charge is 0.457 e. The number of hydrogen-bond acceptors (Lipinski definition) is 4. The lowest BCUT2D eigenvalue weighted by molar-refractivity contribution is -0.146. The van der Waals surface area contributed by atoms with Crippen LogP contribution < -0.4 is 5.32 Å². The van der Waals surface area contributed by atoms with E-state index in [1.807, 2.05) is 6.07 Å². The third kappa shape index (κ3) is 4.78. The number of amides is 1. The maximum absolute atomic E-state index is 12.0. The zero-order valence-corrected chi connectivity index (χ0v) is 13.6. The third-order valence-electron chi connectivity index (χ3n) is 3.32. The molecule has 1 N–H and O–H groups in total. The van der Waals surface area contributed by atoms with E-state index in [1.54, 1.807) is 62.4 Å². The summed E-state index contributed by atoms with van der Waals surface area (Å²) in [5, 5.41) is 2.75. The van der Waals surface area contributed by atoms with Crippen LogP contribution in [0.4, 0.5) is 5.69 Å². The van der Waals surface area contributed by atoms with Crippen molar-refractivity contribution in [3.8, 4) is 0 Å². The van der Waals surface area contributed by atoms with Gasteiger partial charge in [-0.1, -0.05) is 32.0 Å². The standard InChI is InChI=1S/C19H19NO4/c1-13(2)19(23)24-12-17(21)14-8-10-16(11-9-14)20-18(22)15-6-4-3-5-7-15/h3-11,13H,12H2,1-2H3,(H,20,22). The summed E-state index contributed by atoms with van der Waals surface area (Å²) in [6.45, 7) is 3.13. The number of ether oxygens (including phenoxy) is 1. The Morgan fingerprint density at radius 1 is 0.917 bits per heavy atom. The fraction of sp³-hybridized carbons (Fsp3) is 0.211. The highest BCUT2D eigenvalue weighted by Gasteiger charge is 2.13. The van der Waals surface area contributed by atoms with Gasteiger partial charge >= 0.3 is 5.97 Å². The highest BCUT2D eigenvalue weighted by Crippen LogP contribution is 2.12. The number of carbonyl (C=O) groups is 3. The number of anilines is 1. The zero-order chi connectivity index (χ0) is 17.5. The summed E-state index contributed by atoms with van der Waals surface area (Å²) >= 11 is 0. The van der Waals surface area contributed by atoms with E-state index in [-0.39, 0.29) is 24.2 Å². The van der Waals surface area contributed by atoms with Crippen molar-refractivity contribution in [2.75, 3.05) is 11.9 Å². The lowest BCUT2D eigenvalue weighted by atomic mass is 10.1. The first kappa shape index (κ1) is 17.4. The van der Waals surface area contributed by atoms with Gasteiger partial charge in [0.15, 0.2) is 12.4 Å². The van der Waals surface area contributed by atoms with Crippen molar-refractivity contribution >= 4 is 23.3 Å². The number of nitrogens with one attached hydrogen (secondary N) is 1. The lowest BCUT2D eigenvalue weighted by Gasteiger charge is -2.08. The van der Waals surface area contributed by atoms with Crippen LogP contribution in [0.2, 0.25) is 0 Å². The molecule has 124 valence electrons. The van der Waals surface area contributed by atoms with Crippen molar-refractivity contribution < 1.29 is 19.1 Å². The van der Waals surface area contributed by atoms with Crippen molar-refractivity contribution in [1.29, 1.82) is 0 Å². The van der Waals surface area contributed by atoms with Crippen molar-refractivity contribution in [3.05, 3.63) is 65.7 Å². The van der Waals surface area contributed by atoms with E-state index in [1.165, 1.54) is 0 Å². The Hall–Kier alpha value is -2.95. The second-order valence-corrected chi connectivity index (χ2v) is 5.58. The second-order valence-electron chi connectivity index (χ2n) is 5.58. The molecule has 5 nitrogen and oxygen atoms in total. The first-order valence-corrected chi connectivity index (χ1v) is 7.63. The van der Waals surface area contributed by atoms with Crippen molar-refractivity contribution in [1.82, 2.24) is 0 Å². The summed E-state index contributed by atoms with van der Waals surface area (Å²) in [4.78, 5) is 35.4. The summed E-state index contributed by atoms with van der Waals surface area (Å²) in [7, 11) is 0. The van der Waals surface area contributed by atoms with E-state index in [0.717, 1.165) is 0 Å². The molecule has 0 aliphatic rings. The first-order chi connectivity index (χ1) is 11.5. The van der Waals surface area contributed by atoms with Crippen LogP contribution in [0.15, 0.2) is 54.6 Å². The van der Waals surface area contributed by atoms with Gasteiger partial charge in [-0.05, 0) is 36.4 Å². The summed E-state index contributed by atoms with van der Waals surface area (Å²) in [6, 6.07) is 15.3. The monoisotopic (exact) mass is 325 g/mol. The van der Waals surface area contributed by atoms with Gasteiger partial charge in [-0.25, -0.2) is 0 Å². The minimum absolute atomic E-state index is 0.222. The average molecular weight is 325 g/mol. The van der Waals surface area contributed by atoms with Gasteiger partial charge in [-0.2, -0.15) is 0 Å². The number of ketones is 1. The average Bonchev–Trinajstić information content (AvgIpc) is 2.60. The predicted molar refractivity (Wildman–Crippen MR) is 91.0 cm³/mol. The molecule has 0 radical (unpaired) electrons. The van der Waals surface area contributed by atoms with Crippen LogP contribution in [0.3, 0.4) is 0 Å². The van der Waals surface area contributed by atoms with E-state index in [9.17, 15) is 14.4 Å². The molecule has 0 atom stereocenters. The minimum Gasteiger partial charge on any atom is -0.457 e. The molecular formula is C19H19NO4. The SMILES string of the molecule is CC(C)C(=O)OCC(=O)c1ccc(NC(=O)c2ccccc2)cc1. The lowest BCUT2D eigenvalue weighted by Crippen LogP contribution is -2.18. The molecule has 0 saturated carbocycles. The summed E-state index contributed by atoms with van der Waals surface area (Å²) in [5.74, 6) is -1.19. The third-order valence-corrected chi connectivity index (χ3v) is 3.32. The van der Waals surface area contributed by atoms with Gasteiger partial charge in [0, 0.05) is 16.8 Å². The van der Waals surface area contributed by atoms with E-state index >= 15 is 0 Å². The number of esters is 1. The number of Topliss-reactive ketones (excluding diaryl/α,β-unsaturated/α-hetero) is 1. The zero-order valence-electron chi connectivity index (χ0n) is 13.6. The Morgan fingerprint density at radius 2 is 1.54 bits per heavy atom. The maximum Gasteiger partial charge on any atom is 0.308 e. The fourth-order valence-corrected chi connectivity index (χ4v) is 1.92. The number of hydrogen-bond donors (Lipinski definition) is 1. The molecule has 0 unspecified atom stereocenters. The maximum atomic E-state index is 12.0. The summed E-state index contributed by atoms with van der Waals surface area (Å²) in [6.07, 6.45) is 0. The molecule has 0 saturated heterocycles. The molecule has 0 aliphatic heterocycles. The molecule has 0 spiro atoms. The Balaban J connectivity index is 1.94. The van der Waals surface area contributed by atoms with Crippen molar-refractivity contribution in [2.24, 2.45) is 5.92 Å². The van der Waals surface area contributed by atoms with Crippen molar-refractivity contribution in [2.45, 2.75) is 13.8 Å². The Morgan fingerprint density at radius 3 is 2.12 bits per heavy atom. The van der Waals surface area contributed by atoms with Crippen LogP contribution in [-0.4, -0.2) is 24.3 Å². The van der Waals surface area contributed by atoms with Gasteiger partial charge in [0.2, 0.25) is 0 Å². The molecule has 0 aromatic heterocycles. The van der Waals surface area contributed by atoms with Crippen molar-refractivity contribution in [3.63, 3.8) is 0 Å².